The maximum Gasteiger partial charge on any atom is 0.419 e. The predicted octanol–water partition coefficient (Wildman–Crippen LogP) is 4.37. The minimum absolute atomic E-state index is 0.0390. The second-order valence-corrected chi connectivity index (χ2v) is 9.28. The Morgan fingerprint density at radius 2 is 1.86 bits per heavy atom. The molecule has 1 saturated carbocycles. The Labute approximate surface area is 210 Å². The van der Waals surface area contributed by atoms with E-state index in [0.717, 1.165) is 63.5 Å². The molecule has 1 aromatic heterocycles. The predicted molar refractivity (Wildman–Crippen MR) is 125 cm³/mol. The molecule has 1 saturated heterocycles. The van der Waals surface area contributed by atoms with E-state index in [0.29, 0.717) is 25.4 Å². The highest BCUT2D eigenvalue weighted by Gasteiger charge is 2.34. The van der Waals surface area contributed by atoms with E-state index in [2.05, 4.69) is 10.3 Å². The van der Waals surface area contributed by atoms with Crippen LogP contribution in [-0.4, -0.2) is 61.9 Å². The molecule has 2 heterocycles. The smallest absolute Gasteiger partial charge is 0.419 e. The Kier molecular flexibility index (Phi) is 12.0. The van der Waals surface area contributed by atoms with Crippen LogP contribution in [-0.2, 0) is 29.9 Å². The van der Waals surface area contributed by atoms with Crippen molar-refractivity contribution in [3.63, 3.8) is 0 Å². The van der Waals surface area contributed by atoms with Gasteiger partial charge in [-0.2, -0.15) is 18.4 Å². The number of nitrogens with zero attached hydrogens (tertiary/aromatic N) is 2. The molecule has 0 aromatic carbocycles. The molecule has 11 heteroatoms. The van der Waals surface area contributed by atoms with Crippen LogP contribution in [0, 0.1) is 11.3 Å². The van der Waals surface area contributed by atoms with Crippen LogP contribution >= 0.6 is 0 Å². The summed E-state index contributed by atoms with van der Waals surface area (Å²) in [6, 6.07) is 3.68. The van der Waals surface area contributed by atoms with Gasteiger partial charge in [-0.15, -0.1) is 0 Å². The number of methoxy groups -OCH3 is 1. The van der Waals surface area contributed by atoms with Crippen molar-refractivity contribution in [2.24, 2.45) is 0 Å². The molecule has 1 aliphatic carbocycles. The zero-order valence-electron chi connectivity index (χ0n) is 21.1. The molecule has 0 amide bonds. The molecule has 0 bridgehead atoms. The first-order valence-corrected chi connectivity index (χ1v) is 12.2. The number of pyridine rings is 1. The second kappa shape index (κ2) is 14.5. The third-order valence-corrected chi connectivity index (χ3v) is 6.03. The number of rotatable bonds is 8. The molecule has 1 aromatic rings. The van der Waals surface area contributed by atoms with Crippen LogP contribution in [0.15, 0.2) is 18.3 Å². The Hall–Kier alpha value is -2.26. The maximum atomic E-state index is 12.0. The number of hydrogen-bond acceptors (Lipinski definition) is 8. The average Bonchev–Trinajstić information content (AvgIpc) is 2.87. The van der Waals surface area contributed by atoms with Crippen LogP contribution in [0.5, 0.6) is 0 Å². The van der Waals surface area contributed by atoms with Crippen LogP contribution in [0.3, 0.4) is 0 Å². The maximum absolute atomic E-state index is 12.0. The first kappa shape index (κ1) is 30.0. The van der Waals surface area contributed by atoms with Gasteiger partial charge in [0.05, 0.1) is 32.0 Å². The minimum atomic E-state index is -4.50. The van der Waals surface area contributed by atoms with E-state index in [1.165, 1.54) is 19.6 Å². The standard InChI is InChI=1S/C18H33NO5.C7H3F3N2/c1-18(2,17(20)21-3)19-14-7-9-15(10-8-14)22-12-13-24-16-6-4-5-11-23-16;8-7(9,10)5-2-1-3-12-6(5)4-11/h14-16,19H,4-13H2,1-3H3;1-3H. The molecular formula is C25H36F3N3O5. The summed E-state index contributed by atoms with van der Waals surface area (Å²) in [7, 11) is 1.43. The summed E-state index contributed by atoms with van der Waals surface area (Å²) in [5, 5.41) is 11.7. The van der Waals surface area contributed by atoms with E-state index >= 15 is 0 Å². The summed E-state index contributed by atoms with van der Waals surface area (Å²) in [5.41, 5.74) is -2.22. The van der Waals surface area contributed by atoms with Gasteiger partial charge in [-0.25, -0.2) is 4.98 Å². The molecule has 202 valence electrons. The van der Waals surface area contributed by atoms with Crippen molar-refractivity contribution in [1.82, 2.24) is 10.3 Å². The van der Waals surface area contributed by atoms with Crippen molar-refractivity contribution in [3.05, 3.63) is 29.6 Å². The molecule has 3 rings (SSSR count). The fourth-order valence-corrected chi connectivity index (χ4v) is 4.16. The van der Waals surface area contributed by atoms with E-state index in [1.807, 2.05) is 13.8 Å². The monoisotopic (exact) mass is 515 g/mol. The zero-order chi connectivity index (χ0) is 26.6. The summed E-state index contributed by atoms with van der Waals surface area (Å²) in [4.78, 5) is 15.0. The number of nitrogens with one attached hydrogen (secondary N) is 1. The third-order valence-electron chi connectivity index (χ3n) is 6.03. The number of halogens is 3. The number of esters is 1. The number of aromatic nitrogens is 1. The largest absolute Gasteiger partial charge is 0.468 e. The fourth-order valence-electron chi connectivity index (χ4n) is 4.16. The van der Waals surface area contributed by atoms with Gasteiger partial charge in [-0.05, 0) is 70.9 Å². The number of ether oxygens (including phenoxy) is 4. The number of nitriles is 1. The van der Waals surface area contributed by atoms with E-state index in [1.54, 1.807) is 0 Å². The van der Waals surface area contributed by atoms with Crippen molar-refractivity contribution >= 4 is 5.97 Å². The van der Waals surface area contributed by atoms with E-state index in [9.17, 15) is 18.0 Å². The molecule has 0 spiro atoms. The van der Waals surface area contributed by atoms with E-state index < -0.39 is 23.0 Å². The number of alkyl halides is 3. The fraction of sp³-hybridized carbons (Fsp3) is 0.720. The normalized spacial score (nSPS) is 22.6. The van der Waals surface area contributed by atoms with Gasteiger partial charge in [0.2, 0.25) is 0 Å². The lowest BCUT2D eigenvalue weighted by Gasteiger charge is -2.34. The summed E-state index contributed by atoms with van der Waals surface area (Å²) in [6.07, 6.45) is 4.26. The van der Waals surface area contributed by atoms with Gasteiger partial charge in [-0.1, -0.05) is 0 Å². The first-order chi connectivity index (χ1) is 17.1. The molecule has 1 aliphatic heterocycles. The van der Waals surface area contributed by atoms with Crippen LogP contribution in [0.25, 0.3) is 0 Å². The highest BCUT2D eigenvalue weighted by Crippen LogP contribution is 2.30. The summed E-state index contributed by atoms with van der Waals surface area (Å²) < 4.78 is 58.1. The van der Waals surface area contributed by atoms with Gasteiger partial charge < -0.3 is 18.9 Å². The van der Waals surface area contributed by atoms with Crippen molar-refractivity contribution in [2.45, 2.75) is 88.9 Å². The quantitative estimate of drug-likeness (QED) is 0.402. The molecule has 1 unspecified atom stereocenters. The molecule has 8 nitrogen and oxygen atoms in total. The number of hydrogen-bond donors (Lipinski definition) is 1. The Morgan fingerprint density at radius 3 is 2.42 bits per heavy atom. The summed E-state index contributed by atoms with van der Waals surface area (Å²) in [5.74, 6) is -0.219. The Balaban J connectivity index is 0.000000319. The third kappa shape index (κ3) is 10.0. The van der Waals surface area contributed by atoms with E-state index in [-0.39, 0.29) is 12.3 Å². The highest BCUT2D eigenvalue weighted by molar-refractivity contribution is 5.79. The van der Waals surface area contributed by atoms with Gasteiger partial charge in [0.1, 0.15) is 11.6 Å². The lowest BCUT2D eigenvalue weighted by atomic mass is 9.90. The lowest BCUT2D eigenvalue weighted by Crippen LogP contribution is -2.53. The molecular weight excluding hydrogens is 479 g/mol. The van der Waals surface area contributed by atoms with Crippen LogP contribution < -0.4 is 5.32 Å². The second-order valence-electron chi connectivity index (χ2n) is 9.28. The Bertz CT molecular complexity index is 846. The Morgan fingerprint density at radius 1 is 1.17 bits per heavy atom. The molecule has 1 atom stereocenters. The summed E-state index contributed by atoms with van der Waals surface area (Å²) >= 11 is 0. The molecule has 36 heavy (non-hydrogen) atoms. The van der Waals surface area contributed by atoms with Gasteiger partial charge in [0, 0.05) is 18.8 Å². The number of carbonyl (C=O) groups excluding carboxylic acids is 1. The van der Waals surface area contributed by atoms with Crippen LogP contribution in [0.4, 0.5) is 13.2 Å². The van der Waals surface area contributed by atoms with Gasteiger partial charge in [0.25, 0.3) is 0 Å². The molecule has 2 aliphatic rings. The lowest BCUT2D eigenvalue weighted by molar-refractivity contribution is -0.172. The minimum Gasteiger partial charge on any atom is -0.468 e. The van der Waals surface area contributed by atoms with Crippen molar-refractivity contribution in [2.75, 3.05) is 26.9 Å². The van der Waals surface area contributed by atoms with Gasteiger partial charge >= 0.3 is 12.1 Å². The highest BCUT2D eigenvalue weighted by atomic mass is 19.4. The molecule has 0 radical (unpaired) electrons. The van der Waals surface area contributed by atoms with Crippen LogP contribution in [0.1, 0.15) is 70.1 Å². The first-order valence-electron chi connectivity index (χ1n) is 12.2. The van der Waals surface area contributed by atoms with Crippen molar-refractivity contribution in [3.8, 4) is 6.07 Å². The van der Waals surface area contributed by atoms with Crippen molar-refractivity contribution < 1.29 is 36.9 Å². The average molecular weight is 516 g/mol. The summed E-state index contributed by atoms with van der Waals surface area (Å²) in [6.45, 7) is 5.76. The SMILES string of the molecule is COC(=O)C(C)(C)NC1CCC(OCCOC2CCCCO2)CC1.N#Cc1ncccc1C(F)(F)F. The topological polar surface area (TPSA) is 103 Å². The molecule has 1 N–H and O–H groups in total. The number of carbonyl (C=O) groups is 1. The van der Waals surface area contributed by atoms with Gasteiger partial charge in [0.15, 0.2) is 12.0 Å². The van der Waals surface area contributed by atoms with Gasteiger partial charge in [-0.3, -0.25) is 10.1 Å². The molecule has 2 fully saturated rings. The zero-order valence-corrected chi connectivity index (χ0v) is 21.1. The van der Waals surface area contributed by atoms with Crippen LogP contribution in [0.2, 0.25) is 0 Å². The van der Waals surface area contributed by atoms with E-state index in [4.69, 9.17) is 24.2 Å². The van der Waals surface area contributed by atoms with Crippen molar-refractivity contribution in [1.29, 1.82) is 5.26 Å².